The number of ether oxygens (including phenoxy) is 1. The Morgan fingerprint density at radius 2 is 1.79 bits per heavy atom. The van der Waals surface area contributed by atoms with Crippen molar-refractivity contribution in [2.24, 2.45) is 0 Å². The number of nitrogens with zero attached hydrogens (tertiary/aromatic N) is 1. The van der Waals surface area contributed by atoms with Crippen molar-refractivity contribution >= 4 is 11.9 Å². The van der Waals surface area contributed by atoms with Gasteiger partial charge in [0.1, 0.15) is 0 Å². The van der Waals surface area contributed by atoms with E-state index in [1.165, 1.54) is 12.1 Å². The maximum absolute atomic E-state index is 12.4. The van der Waals surface area contributed by atoms with Crippen LogP contribution >= 0.6 is 0 Å². The number of hydrogen-bond acceptors (Lipinski definition) is 3. The molecule has 0 atom stereocenters. The molecule has 0 saturated carbocycles. The summed E-state index contributed by atoms with van der Waals surface area (Å²) in [6.45, 7) is 5.49. The van der Waals surface area contributed by atoms with Crippen LogP contribution in [0.5, 0.6) is 0 Å². The van der Waals surface area contributed by atoms with Crippen LogP contribution in [-0.2, 0) is 4.74 Å². The Morgan fingerprint density at radius 3 is 2.32 bits per heavy atom. The van der Waals surface area contributed by atoms with Crippen LogP contribution in [0.15, 0.2) is 24.3 Å². The first-order valence-electron chi connectivity index (χ1n) is 6.15. The van der Waals surface area contributed by atoms with Gasteiger partial charge >= 0.3 is 5.97 Å². The predicted molar refractivity (Wildman–Crippen MR) is 69.3 cm³/mol. The van der Waals surface area contributed by atoms with E-state index in [4.69, 9.17) is 9.84 Å². The molecule has 0 aliphatic carbocycles. The van der Waals surface area contributed by atoms with Crippen LogP contribution in [0.3, 0.4) is 0 Å². The zero-order valence-electron chi connectivity index (χ0n) is 11.0. The van der Waals surface area contributed by atoms with E-state index in [9.17, 15) is 9.59 Å². The van der Waals surface area contributed by atoms with Gasteiger partial charge < -0.3 is 14.7 Å². The molecule has 1 aromatic rings. The van der Waals surface area contributed by atoms with Gasteiger partial charge in [-0.15, -0.1) is 0 Å². The molecule has 1 fully saturated rings. The van der Waals surface area contributed by atoms with Crippen LogP contribution in [0, 0.1) is 0 Å². The van der Waals surface area contributed by atoms with Gasteiger partial charge in [-0.05, 0) is 38.1 Å². The minimum Gasteiger partial charge on any atom is -0.478 e. The number of morpholine rings is 1. The lowest BCUT2D eigenvalue weighted by Gasteiger charge is -2.42. The monoisotopic (exact) mass is 263 g/mol. The summed E-state index contributed by atoms with van der Waals surface area (Å²) >= 11 is 0. The van der Waals surface area contributed by atoms with Crippen molar-refractivity contribution in [1.82, 2.24) is 4.90 Å². The number of rotatable bonds is 2. The molecular weight excluding hydrogens is 246 g/mol. The molecule has 1 amide bonds. The summed E-state index contributed by atoms with van der Waals surface area (Å²) in [7, 11) is 0. The first kappa shape index (κ1) is 13.5. The Balaban J connectivity index is 2.21. The number of carboxylic acids is 1. The summed E-state index contributed by atoms with van der Waals surface area (Å²) in [5.74, 6) is -1.09. The Hall–Kier alpha value is -1.88. The van der Waals surface area contributed by atoms with Crippen molar-refractivity contribution in [3.8, 4) is 0 Å². The van der Waals surface area contributed by atoms with E-state index in [-0.39, 0.29) is 17.0 Å². The van der Waals surface area contributed by atoms with E-state index in [1.54, 1.807) is 17.0 Å². The molecular formula is C14H17NO4. The summed E-state index contributed by atoms with van der Waals surface area (Å²) in [5, 5.41) is 8.83. The third-order valence-electron chi connectivity index (χ3n) is 3.27. The molecule has 5 heteroatoms. The zero-order valence-corrected chi connectivity index (χ0v) is 11.0. The van der Waals surface area contributed by atoms with Crippen molar-refractivity contribution in [1.29, 1.82) is 0 Å². The van der Waals surface area contributed by atoms with Crippen molar-refractivity contribution in [3.05, 3.63) is 35.4 Å². The number of benzene rings is 1. The van der Waals surface area contributed by atoms with E-state index in [1.807, 2.05) is 13.8 Å². The Labute approximate surface area is 111 Å². The molecule has 1 aliphatic rings. The molecule has 2 rings (SSSR count). The van der Waals surface area contributed by atoms with Gasteiger partial charge in [-0.1, -0.05) is 0 Å². The molecule has 0 aromatic heterocycles. The maximum Gasteiger partial charge on any atom is 0.335 e. The van der Waals surface area contributed by atoms with Crippen LogP contribution in [-0.4, -0.2) is 47.2 Å². The lowest BCUT2D eigenvalue weighted by atomic mass is 10.0. The van der Waals surface area contributed by atoms with Gasteiger partial charge in [0.15, 0.2) is 0 Å². The number of aromatic carboxylic acids is 1. The van der Waals surface area contributed by atoms with Gasteiger partial charge in [0.2, 0.25) is 0 Å². The fourth-order valence-corrected chi connectivity index (χ4v) is 2.15. The highest BCUT2D eigenvalue weighted by Crippen LogP contribution is 2.21. The summed E-state index contributed by atoms with van der Waals surface area (Å²) in [6.07, 6.45) is 0. The smallest absolute Gasteiger partial charge is 0.335 e. The molecule has 1 aliphatic heterocycles. The highest BCUT2D eigenvalue weighted by molar-refractivity contribution is 5.96. The summed E-state index contributed by atoms with van der Waals surface area (Å²) in [6, 6.07) is 6.00. The second kappa shape index (κ2) is 5.01. The highest BCUT2D eigenvalue weighted by atomic mass is 16.5. The molecule has 1 aromatic carbocycles. The van der Waals surface area contributed by atoms with Gasteiger partial charge in [0.05, 0.1) is 24.3 Å². The highest BCUT2D eigenvalue weighted by Gasteiger charge is 2.34. The second-order valence-corrected chi connectivity index (χ2v) is 5.20. The minimum absolute atomic E-state index is 0.0924. The summed E-state index contributed by atoms with van der Waals surface area (Å²) in [4.78, 5) is 25.0. The number of carboxylic acid groups (broad SMARTS) is 1. The Bertz CT molecular complexity index is 493. The largest absolute Gasteiger partial charge is 0.478 e. The SMILES string of the molecule is CC1(C)COCCN1C(=O)c1ccc(C(=O)O)cc1. The molecule has 0 unspecified atom stereocenters. The lowest BCUT2D eigenvalue weighted by Crippen LogP contribution is -2.55. The molecule has 0 bridgehead atoms. The van der Waals surface area contributed by atoms with E-state index in [0.29, 0.717) is 25.3 Å². The number of hydrogen-bond donors (Lipinski definition) is 1. The van der Waals surface area contributed by atoms with Crippen molar-refractivity contribution in [2.75, 3.05) is 19.8 Å². The standard InChI is InChI=1S/C14H17NO4/c1-14(2)9-19-8-7-15(14)12(16)10-3-5-11(6-4-10)13(17)18/h3-6H,7-9H2,1-2H3,(H,17,18). The van der Waals surface area contributed by atoms with Gasteiger partial charge in [0.25, 0.3) is 5.91 Å². The quantitative estimate of drug-likeness (QED) is 0.880. The fourth-order valence-electron chi connectivity index (χ4n) is 2.15. The predicted octanol–water partition coefficient (Wildman–Crippen LogP) is 1.64. The molecule has 1 heterocycles. The van der Waals surface area contributed by atoms with Crippen LogP contribution in [0.2, 0.25) is 0 Å². The molecule has 102 valence electrons. The van der Waals surface area contributed by atoms with Gasteiger partial charge in [0, 0.05) is 12.1 Å². The molecule has 0 radical (unpaired) electrons. The van der Waals surface area contributed by atoms with Gasteiger partial charge in [-0.25, -0.2) is 4.79 Å². The van der Waals surface area contributed by atoms with E-state index >= 15 is 0 Å². The van der Waals surface area contributed by atoms with Crippen molar-refractivity contribution in [2.45, 2.75) is 19.4 Å². The van der Waals surface area contributed by atoms with Crippen LogP contribution in [0.4, 0.5) is 0 Å². The topological polar surface area (TPSA) is 66.8 Å². The summed E-state index contributed by atoms with van der Waals surface area (Å²) < 4.78 is 5.38. The Morgan fingerprint density at radius 1 is 1.21 bits per heavy atom. The van der Waals surface area contributed by atoms with Crippen LogP contribution in [0.25, 0.3) is 0 Å². The average molecular weight is 263 g/mol. The molecule has 5 nitrogen and oxygen atoms in total. The number of amides is 1. The number of carbonyl (C=O) groups is 2. The first-order valence-corrected chi connectivity index (χ1v) is 6.15. The molecule has 1 N–H and O–H groups in total. The number of carbonyl (C=O) groups excluding carboxylic acids is 1. The molecule has 1 saturated heterocycles. The third kappa shape index (κ3) is 2.76. The minimum atomic E-state index is -0.995. The molecule has 0 spiro atoms. The zero-order chi connectivity index (χ0) is 14.0. The summed E-state index contributed by atoms with van der Waals surface area (Å²) in [5.41, 5.74) is 0.332. The normalized spacial score (nSPS) is 18.1. The molecule has 19 heavy (non-hydrogen) atoms. The van der Waals surface area contributed by atoms with Crippen molar-refractivity contribution in [3.63, 3.8) is 0 Å². The van der Waals surface area contributed by atoms with Crippen molar-refractivity contribution < 1.29 is 19.4 Å². The van der Waals surface area contributed by atoms with E-state index in [0.717, 1.165) is 0 Å². The van der Waals surface area contributed by atoms with E-state index in [2.05, 4.69) is 0 Å². The average Bonchev–Trinajstić information content (AvgIpc) is 2.37. The van der Waals surface area contributed by atoms with Gasteiger partial charge in [-0.2, -0.15) is 0 Å². The van der Waals surface area contributed by atoms with Crippen LogP contribution in [0.1, 0.15) is 34.6 Å². The first-order chi connectivity index (χ1) is 8.92. The third-order valence-corrected chi connectivity index (χ3v) is 3.27. The fraction of sp³-hybridized carbons (Fsp3) is 0.429. The van der Waals surface area contributed by atoms with Crippen LogP contribution < -0.4 is 0 Å². The van der Waals surface area contributed by atoms with E-state index < -0.39 is 5.97 Å². The maximum atomic E-state index is 12.4. The Kier molecular flexibility index (Phi) is 3.57. The lowest BCUT2D eigenvalue weighted by molar-refractivity contribution is -0.0370. The second-order valence-electron chi connectivity index (χ2n) is 5.20. The van der Waals surface area contributed by atoms with Gasteiger partial charge in [-0.3, -0.25) is 4.79 Å².